The summed E-state index contributed by atoms with van der Waals surface area (Å²) in [7, 11) is 0. The molecule has 1 amide bonds. The second-order valence-electron chi connectivity index (χ2n) is 5.54. The van der Waals surface area contributed by atoms with Gasteiger partial charge in [0.25, 0.3) is 5.69 Å². The summed E-state index contributed by atoms with van der Waals surface area (Å²) in [6.45, 7) is 0. The molecule has 0 radical (unpaired) electrons. The van der Waals surface area contributed by atoms with E-state index in [0.29, 0.717) is 16.7 Å². The van der Waals surface area contributed by atoms with Crippen molar-refractivity contribution in [1.82, 2.24) is 5.32 Å². The largest absolute Gasteiger partial charge is 0.480 e. The highest BCUT2D eigenvalue weighted by atomic mass is 16.6. The summed E-state index contributed by atoms with van der Waals surface area (Å²) in [6, 6.07) is 12.9. The lowest BCUT2D eigenvalue weighted by molar-refractivity contribution is -0.384. The summed E-state index contributed by atoms with van der Waals surface area (Å²) in [6.07, 6.45) is -0.231. The normalized spacial score (nSPS) is 11.2. The third-order valence-electron chi connectivity index (χ3n) is 3.68. The Hall–Kier alpha value is -3.73. The molecule has 0 bridgehead atoms. The molecule has 0 spiro atoms. The van der Waals surface area contributed by atoms with Gasteiger partial charge in [0.05, 0.1) is 23.0 Å². The minimum Gasteiger partial charge on any atom is -0.480 e. The Balaban J connectivity index is 2.09. The molecule has 2 N–H and O–H groups in total. The van der Waals surface area contributed by atoms with Crippen molar-refractivity contribution in [2.24, 2.45) is 0 Å². The summed E-state index contributed by atoms with van der Waals surface area (Å²) in [5.41, 5.74) is 1.11. The quantitative estimate of drug-likeness (QED) is 0.576. The highest BCUT2D eigenvalue weighted by molar-refractivity contribution is 5.85. The number of nitro groups is 1. The van der Waals surface area contributed by atoms with E-state index in [1.165, 1.54) is 18.2 Å². The Morgan fingerprint density at radius 3 is 2.62 bits per heavy atom. The molecule has 2 aromatic carbocycles. The standard InChI is InChI=1S/C18H15N3O5/c19-11-14-6-2-1-5-13(14)10-16(18(23)24)20-17(22)9-12-4-3-7-15(8-12)21(25)26/h1-8,16H,9-10H2,(H,20,22)(H,23,24)/t16-/m1/s1. The van der Waals surface area contributed by atoms with Crippen LogP contribution in [0.2, 0.25) is 0 Å². The second-order valence-corrected chi connectivity index (χ2v) is 5.54. The van der Waals surface area contributed by atoms with E-state index in [2.05, 4.69) is 5.32 Å². The third-order valence-corrected chi connectivity index (χ3v) is 3.68. The molecule has 8 heteroatoms. The van der Waals surface area contributed by atoms with Gasteiger partial charge < -0.3 is 10.4 Å². The van der Waals surface area contributed by atoms with E-state index in [4.69, 9.17) is 5.26 Å². The van der Waals surface area contributed by atoms with Gasteiger partial charge in [-0.25, -0.2) is 4.79 Å². The van der Waals surface area contributed by atoms with Crippen LogP contribution in [0.15, 0.2) is 48.5 Å². The fourth-order valence-electron chi connectivity index (χ4n) is 2.44. The van der Waals surface area contributed by atoms with E-state index in [0.717, 1.165) is 0 Å². The van der Waals surface area contributed by atoms with Crippen molar-refractivity contribution in [1.29, 1.82) is 5.26 Å². The van der Waals surface area contributed by atoms with Crippen LogP contribution in [0, 0.1) is 21.4 Å². The summed E-state index contributed by atoms with van der Waals surface area (Å²) < 4.78 is 0. The molecule has 0 saturated heterocycles. The topological polar surface area (TPSA) is 133 Å². The van der Waals surface area contributed by atoms with Gasteiger partial charge in [-0.2, -0.15) is 5.26 Å². The van der Waals surface area contributed by atoms with E-state index in [-0.39, 0.29) is 18.5 Å². The number of amides is 1. The maximum atomic E-state index is 12.1. The molecule has 0 aliphatic heterocycles. The van der Waals surface area contributed by atoms with Crippen molar-refractivity contribution in [2.45, 2.75) is 18.9 Å². The first-order valence-corrected chi connectivity index (χ1v) is 7.64. The molecule has 0 aliphatic rings. The number of carboxylic acid groups (broad SMARTS) is 1. The zero-order valence-electron chi connectivity index (χ0n) is 13.6. The summed E-state index contributed by atoms with van der Waals surface area (Å²) in [4.78, 5) is 33.8. The van der Waals surface area contributed by atoms with Crippen molar-refractivity contribution >= 4 is 17.6 Å². The number of non-ortho nitro benzene ring substituents is 1. The van der Waals surface area contributed by atoms with Crippen molar-refractivity contribution in [3.05, 3.63) is 75.3 Å². The van der Waals surface area contributed by atoms with Gasteiger partial charge in [0.15, 0.2) is 0 Å². The number of carbonyl (C=O) groups excluding carboxylic acids is 1. The van der Waals surface area contributed by atoms with Crippen LogP contribution in [-0.2, 0) is 22.4 Å². The molecule has 26 heavy (non-hydrogen) atoms. The van der Waals surface area contributed by atoms with E-state index in [9.17, 15) is 24.8 Å². The number of aliphatic carboxylic acids is 1. The Kier molecular flexibility index (Phi) is 6.01. The highest BCUT2D eigenvalue weighted by Crippen LogP contribution is 2.14. The molecule has 0 aromatic heterocycles. The van der Waals surface area contributed by atoms with Crippen molar-refractivity contribution in [3.63, 3.8) is 0 Å². The number of nitro benzene ring substituents is 1. The fourth-order valence-corrected chi connectivity index (χ4v) is 2.44. The Morgan fingerprint density at radius 1 is 1.23 bits per heavy atom. The third kappa shape index (κ3) is 4.88. The van der Waals surface area contributed by atoms with Gasteiger partial charge >= 0.3 is 5.97 Å². The molecular formula is C18H15N3O5. The molecule has 8 nitrogen and oxygen atoms in total. The van der Waals surface area contributed by atoms with Crippen LogP contribution in [-0.4, -0.2) is 27.9 Å². The average Bonchev–Trinajstić information content (AvgIpc) is 2.61. The summed E-state index contributed by atoms with van der Waals surface area (Å²) in [5, 5.41) is 31.6. The van der Waals surface area contributed by atoms with Crippen LogP contribution >= 0.6 is 0 Å². The number of carbonyl (C=O) groups is 2. The first-order chi connectivity index (χ1) is 12.4. The van der Waals surface area contributed by atoms with Gasteiger partial charge in [-0.1, -0.05) is 30.3 Å². The van der Waals surface area contributed by atoms with Crippen LogP contribution < -0.4 is 5.32 Å². The molecule has 0 saturated carbocycles. The molecule has 0 heterocycles. The molecule has 132 valence electrons. The first-order valence-electron chi connectivity index (χ1n) is 7.64. The number of nitriles is 1. The molecule has 0 fully saturated rings. The Morgan fingerprint density at radius 2 is 1.96 bits per heavy atom. The minimum absolute atomic E-state index is 0.0419. The second kappa shape index (κ2) is 8.39. The maximum Gasteiger partial charge on any atom is 0.326 e. The van der Waals surface area contributed by atoms with Gasteiger partial charge in [-0.3, -0.25) is 14.9 Å². The predicted octanol–water partition coefficient (Wildman–Crippen LogP) is 1.82. The van der Waals surface area contributed by atoms with Gasteiger partial charge in [-0.15, -0.1) is 0 Å². The van der Waals surface area contributed by atoms with Gasteiger partial charge in [0, 0.05) is 18.6 Å². The number of hydrogen-bond acceptors (Lipinski definition) is 5. The van der Waals surface area contributed by atoms with Crippen molar-refractivity contribution in [2.75, 3.05) is 0 Å². The van der Waals surface area contributed by atoms with Gasteiger partial charge in [0.2, 0.25) is 5.91 Å². The number of rotatable bonds is 7. The number of benzene rings is 2. The minimum atomic E-state index is -1.23. The van der Waals surface area contributed by atoms with Crippen LogP contribution in [0.4, 0.5) is 5.69 Å². The van der Waals surface area contributed by atoms with E-state index in [1.54, 1.807) is 30.3 Å². The first kappa shape index (κ1) is 18.6. The fraction of sp³-hybridized carbons (Fsp3) is 0.167. The van der Waals surface area contributed by atoms with Crippen LogP contribution in [0.1, 0.15) is 16.7 Å². The predicted molar refractivity (Wildman–Crippen MR) is 91.2 cm³/mol. The molecule has 1 atom stereocenters. The molecular weight excluding hydrogens is 338 g/mol. The monoisotopic (exact) mass is 353 g/mol. The summed E-state index contributed by atoms with van der Waals surface area (Å²) in [5.74, 6) is -1.81. The average molecular weight is 353 g/mol. The zero-order chi connectivity index (χ0) is 19.1. The lowest BCUT2D eigenvalue weighted by Crippen LogP contribution is -2.43. The maximum absolute atomic E-state index is 12.1. The number of carboxylic acids is 1. The Labute approximate surface area is 148 Å². The van der Waals surface area contributed by atoms with Gasteiger partial charge in [-0.05, 0) is 17.2 Å². The van der Waals surface area contributed by atoms with Crippen LogP contribution in [0.5, 0.6) is 0 Å². The van der Waals surface area contributed by atoms with E-state index >= 15 is 0 Å². The molecule has 2 aromatic rings. The van der Waals surface area contributed by atoms with Crippen molar-refractivity contribution in [3.8, 4) is 6.07 Å². The SMILES string of the molecule is N#Cc1ccccc1C[C@@H](NC(=O)Cc1cccc([N+](=O)[O-])c1)C(=O)O. The number of nitrogens with one attached hydrogen (secondary N) is 1. The van der Waals surface area contributed by atoms with Crippen molar-refractivity contribution < 1.29 is 19.6 Å². The lowest BCUT2D eigenvalue weighted by atomic mass is 10.0. The highest BCUT2D eigenvalue weighted by Gasteiger charge is 2.22. The number of hydrogen-bond donors (Lipinski definition) is 2. The molecule has 0 unspecified atom stereocenters. The van der Waals surface area contributed by atoms with Gasteiger partial charge in [0.1, 0.15) is 6.04 Å². The van der Waals surface area contributed by atoms with Crippen LogP contribution in [0.3, 0.4) is 0 Å². The summed E-state index contributed by atoms with van der Waals surface area (Å²) >= 11 is 0. The van der Waals surface area contributed by atoms with E-state index < -0.39 is 22.8 Å². The lowest BCUT2D eigenvalue weighted by Gasteiger charge is -2.15. The molecule has 2 rings (SSSR count). The Bertz CT molecular complexity index is 888. The smallest absolute Gasteiger partial charge is 0.326 e. The van der Waals surface area contributed by atoms with E-state index in [1.807, 2.05) is 6.07 Å². The molecule has 0 aliphatic carbocycles. The zero-order valence-corrected chi connectivity index (χ0v) is 13.6. The number of nitrogens with zero attached hydrogens (tertiary/aromatic N) is 2. The van der Waals surface area contributed by atoms with Crippen LogP contribution in [0.25, 0.3) is 0 Å².